The number of ether oxygens (including phenoxy) is 1. The van der Waals surface area contributed by atoms with Gasteiger partial charge in [0.15, 0.2) is 0 Å². The minimum atomic E-state index is -0.560. The number of fused-ring (bicyclic) bond motifs is 2. The molecular weight excluding hydrogens is 414 g/mol. The molecule has 1 aliphatic rings. The van der Waals surface area contributed by atoms with E-state index in [1.807, 2.05) is 43.3 Å². The van der Waals surface area contributed by atoms with Crippen molar-refractivity contribution in [2.45, 2.75) is 49.9 Å². The number of thioether (sulfide) groups is 1. The molecule has 1 atom stereocenters. The van der Waals surface area contributed by atoms with Crippen molar-refractivity contribution in [3.63, 3.8) is 0 Å². The maximum Gasteiger partial charge on any atom is 0.336 e. The van der Waals surface area contributed by atoms with Crippen molar-refractivity contribution in [1.82, 2.24) is 0 Å². The van der Waals surface area contributed by atoms with Crippen LogP contribution in [0, 0.1) is 6.92 Å². The number of anilines is 1. The molecule has 31 heavy (non-hydrogen) atoms. The Kier molecular flexibility index (Phi) is 5.87. The summed E-state index contributed by atoms with van der Waals surface area (Å²) in [6.45, 7) is 6.11. The van der Waals surface area contributed by atoms with Gasteiger partial charge in [-0.25, -0.2) is 4.79 Å². The molecule has 1 aliphatic heterocycles. The van der Waals surface area contributed by atoms with Crippen LogP contribution in [0.4, 0.5) is 5.69 Å². The second kappa shape index (κ2) is 8.59. The van der Waals surface area contributed by atoms with E-state index < -0.39 is 16.8 Å². The molecule has 1 aromatic heterocycles. The zero-order valence-electron chi connectivity index (χ0n) is 17.6. The third-order valence-electron chi connectivity index (χ3n) is 5.29. The highest BCUT2D eigenvalue weighted by Gasteiger charge is 2.29. The summed E-state index contributed by atoms with van der Waals surface area (Å²) in [6, 6.07) is 12.7. The highest BCUT2D eigenvalue weighted by molar-refractivity contribution is 8.01. The van der Waals surface area contributed by atoms with Gasteiger partial charge in [-0.1, -0.05) is 26.0 Å². The smallest absolute Gasteiger partial charge is 0.336 e. The second-order valence-corrected chi connectivity index (χ2v) is 9.15. The summed E-state index contributed by atoms with van der Waals surface area (Å²) in [6.07, 6.45) is -0.0550. The van der Waals surface area contributed by atoms with E-state index in [0.717, 1.165) is 27.1 Å². The number of hydrogen-bond acceptors (Lipinski definition) is 6. The largest absolute Gasteiger partial charge is 0.461 e. The van der Waals surface area contributed by atoms with Crippen molar-refractivity contribution in [2.24, 2.45) is 0 Å². The number of rotatable bonds is 5. The average Bonchev–Trinajstić information content (AvgIpc) is 2.71. The van der Waals surface area contributed by atoms with Gasteiger partial charge in [0, 0.05) is 21.9 Å². The summed E-state index contributed by atoms with van der Waals surface area (Å²) < 4.78 is 10.8. The minimum absolute atomic E-state index is 0.0550. The summed E-state index contributed by atoms with van der Waals surface area (Å²) in [5.74, 6) is -0.412. The molecule has 0 radical (unpaired) electrons. The molecule has 7 heteroatoms. The Balaban J connectivity index is 1.50. The summed E-state index contributed by atoms with van der Waals surface area (Å²) in [4.78, 5) is 37.7. The van der Waals surface area contributed by atoms with Gasteiger partial charge < -0.3 is 14.5 Å². The molecule has 1 unspecified atom stereocenters. The number of aryl methyl sites for hydroxylation is 1. The second-order valence-electron chi connectivity index (χ2n) is 7.91. The summed E-state index contributed by atoms with van der Waals surface area (Å²) in [5, 5.41) is 3.01. The van der Waals surface area contributed by atoms with Crippen LogP contribution in [0.15, 0.2) is 56.6 Å². The molecule has 0 aliphatic carbocycles. The van der Waals surface area contributed by atoms with Gasteiger partial charge >= 0.3 is 11.6 Å². The van der Waals surface area contributed by atoms with Gasteiger partial charge in [0.05, 0.1) is 17.4 Å². The molecule has 4 rings (SSSR count). The molecular formula is C24H23NO5S. The van der Waals surface area contributed by atoms with Crippen LogP contribution in [-0.2, 0) is 20.9 Å². The number of esters is 1. The van der Waals surface area contributed by atoms with Gasteiger partial charge in [0.1, 0.15) is 12.2 Å². The number of benzene rings is 2. The van der Waals surface area contributed by atoms with Crippen LogP contribution in [-0.4, -0.2) is 17.1 Å². The van der Waals surface area contributed by atoms with Crippen molar-refractivity contribution < 1.29 is 18.7 Å². The lowest BCUT2D eigenvalue weighted by Crippen LogP contribution is -2.31. The van der Waals surface area contributed by atoms with Gasteiger partial charge in [-0.2, -0.15) is 0 Å². The molecule has 0 saturated carbocycles. The third kappa shape index (κ3) is 4.51. The maximum absolute atomic E-state index is 12.5. The number of para-hydroxylation sites is 1. The molecule has 2 aromatic carbocycles. The Morgan fingerprint density at radius 1 is 1.19 bits per heavy atom. The van der Waals surface area contributed by atoms with Crippen molar-refractivity contribution in [2.75, 3.05) is 5.32 Å². The quantitative estimate of drug-likeness (QED) is 0.457. The van der Waals surface area contributed by atoms with Crippen LogP contribution in [0.25, 0.3) is 11.0 Å². The monoisotopic (exact) mass is 437 g/mol. The zero-order valence-corrected chi connectivity index (χ0v) is 18.4. The van der Waals surface area contributed by atoms with Crippen LogP contribution in [0.2, 0.25) is 0 Å². The van der Waals surface area contributed by atoms with E-state index in [4.69, 9.17) is 9.15 Å². The molecule has 0 bridgehead atoms. The van der Waals surface area contributed by atoms with E-state index in [9.17, 15) is 14.4 Å². The number of amides is 1. The number of carbonyl (C=O) groups is 2. The lowest BCUT2D eigenvalue weighted by Gasteiger charge is -2.23. The van der Waals surface area contributed by atoms with E-state index in [-0.39, 0.29) is 18.9 Å². The first-order valence-corrected chi connectivity index (χ1v) is 11.0. The number of carbonyl (C=O) groups excluding carboxylic acids is 2. The fourth-order valence-electron chi connectivity index (χ4n) is 3.73. The first-order chi connectivity index (χ1) is 14.8. The van der Waals surface area contributed by atoms with E-state index >= 15 is 0 Å². The maximum atomic E-state index is 12.5. The summed E-state index contributed by atoms with van der Waals surface area (Å²) in [7, 11) is 0. The van der Waals surface area contributed by atoms with Gasteiger partial charge in [-0.15, -0.1) is 11.8 Å². The highest BCUT2D eigenvalue weighted by atomic mass is 32.2. The fraction of sp³-hybridized carbons (Fsp3) is 0.292. The first-order valence-electron chi connectivity index (χ1n) is 10.1. The number of nitrogens with one attached hydrogen (secondary N) is 1. The molecule has 2 heterocycles. The van der Waals surface area contributed by atoms with Crippen molar-refractivity contribution in [3.05, 3.63) is 69.6 Å². The average molecular weight is 438 g/mol. The summed E-state index contributed by atoms with van der Waals surface area (Å²) >= 11 is 1.35. The summed E-state index contributed by atoms with van der Waals surface area (Å²) in [5.41, 5.74) is 3.50. The molecule has 0 spiro atoms. The van der Waals surface area contributed by atoms with Crippen molar-refractivity contribution >= 4 is 40.3 Å². The SMILES string of the molecule is Cc1cc2oc(=O)cc(COC(=O)CC3Sc4ccccc4NC3=O)c2cc1C(C)C. The Labute approximate surface area is 184 Å². The van der Waals surface area contributed by atoms with E-state index in [0.29, 0.717) is 17.1 Å². The fourth-order valence-corrected chi connectivity index (χ4v) is 4.82. The van der Waals surface area contributed by atoms with Crippen LogP contribution in [0.5, 0.6) is 0 Å². The molecule has 0 saturated heterocycles. The third-order valence-corrected chi connectivity index (χ3v) is 6.56. The van der Waals surface area contributed by atoms with Crippen LogP contribution >= 0.6 is 11.8 Å². The van der Waals surface area contributed by atoms with Crippen LogP contribution in [0.1, 0.15) is 42.9 Å². The van der Waals surface area contributed by atoms with E-state index in [2.05, 4.69) is 19.2 Å². The normalized spacial score (nSPS) is 15.6. The zero-order chi connectivity index (χ0) is 22.1. The lowest BCUT2D eigenvalue weighted by atomic mass is 9.95. The van der Waals surface area contributed by atoms with Crippen molar-refractivity contribution in [3.8, 4) is 0 Å². The Morgan fingerprint density at radius 2 is 1.97 bits per heavy atom. The highest BCUT2D eigenvalue weighted by Crippen LogP contribution is 2.36. The molecule has 3 aromatic rings. The standard InChI is InChI=1S/C24H23NO5S/c1-13(2)16-10-17-15(9-23(27)30-19(17)8-14(16)3)12-29-22(26)11-21-24(28)25-18-6-4-5-7-20(18)31-21/h4-10,13,21H,11-12H2,1-3H3,(H,25,28). The molecule has 1 N–H and O–H groups in total. The van der Waals surface area contributed by atoms with Gasteiger partial charge in [-0.3, -0.25) is 9.59 Å². The Hall–Kier alpha value is -3.06. The predicted octanol–water partition coefficient (Wildman–Crippen LogP) is 4.77. The Morgan fingerprint density at radius 3 is 2.74 bits per heavy atom. The molecule has 6 nitrogen and oxygen atoms in total. The molecule has 0 fully saturated rings. The molecule has 160 valence electrons. The lowest BCUT2D eigenvalue weighted by molar-refractivity contribution is -0.145. The first kappa shape index (κ1) is 21.2. The van der Waals surface area contributed by atoms with E-state index in [1.54, 1.807) is 0 Å². The predicted molar refractivity (Wildman–Crippen MR) is 120 cm³/mol. The topological polar surface area (TPSA) is 85.6 Å². The number of hydrogen-bond donors (Lipinski definition) is 1. The van der Waals surface area contributed by atoms with E-state index in [1.165, 1.54) is 17.8 Å². The van der Waals surface area contributed by atoms with Gasteiger partial charge in [0.2, 0.25) is 5.91 Å². The Bertz CT molecular complexity index is 1230. The van der Waals surface area contributed by atoms with Crippen LogP contribution < -0.4 is 10.9 Å². The van der Waals surface area contributed by atoms with Gasteiger partial charge in [-0.05, 0) is 48.2 Å². The minimum Gasteiger partial charge on any atom is -0.461 e. The van der Waals surface area contributed by atoms with Gasteiger partial charge in [0.25, 0.3) is 0 Å². The molecule has 1 amide bonds. The van der Waals surface area contributed by atoms with Crippen molar-refractivity contribution in [1.29, 1.82) is 0 Å². The van der Waals surface area contributed by atoms with Crippen LogP contribution in [0.3, 0.4) is 0 Å².